The smallest absolute Gasteiger partial charge is 0.233 e. The van der Waals surface area contributed by atoms with Crippen molar-refractivity contribution in [2.45, 2.75) is 32.1 Å². The molecule has 8 nitrogen and oxygen atoms in total. The summed E-state index contributed by atoms with van der Waals surface area (Å²) in [6.45, 7) is 3.36. The lowest BCUT2D eigenvalue weighted by Gasteiger charge is -2.34. The topological polar surface area (TPSA) is 86.7 Å². The molecule has 3 amide bonds. The fourth-order valence-electron chi connectivity index (χ4n) is 5.68. The molecule has 0 aromatic carbocycles. The molecule has 0 spiro atoms. The summed E-state index contributed by atoms with van der Waals surface area (Å²) in [5, 5.41) is 0. The van der Waals surface area contributed by atoms with Crippen LogP contribution in [0.4, 0.5) is 5.95 Å². The number of hydrogen-bond donors (Lipinski definition) is 0. The van der Waals surface area contributed by atoms with Gasteiger partial charge in [-0.05, 0) is 37.2 Å². The van der Waals surface area contributed by atoms with Crippen LogP contribution in [-0.2, 0) is 14.4 Å². The molecule has 3 heterocycles. The van der Waals surface area contributed by atoms with Gasteiger partial charge in [0.05, 0.1) is 11.8 Å². The number of piperazine rings is 1. The van der Waals surface area contributed by atoms with Gasteiger partial charge in [-0.15, -0.1) is 0 Å². The van der Waals surface area contributed by atoms with Crippen LogP contribution >= 0.6 is 0 Å². The van der Waals surface area contributed by atoms with Crippen molar-refractivity contribution in [3.8, 4) is 0 Å². The third-order valence-corrected chi connectivity index (χ3v) is 7.30. The highest BCUT2D eigenvalue weighted by Crippen LogP contribution is 2.52. The molecule has 3 fully saturated rings. The number of imide groups is 1. The first-order valence-electron chi connectivity index (χ1n) is 11.5. The predicted octanol–water partition coefficient (Wildman–Crippen LogP) is 1.49. The quantitative estimate of drug-likeness (QED) is 0.375. The Kier molecular flexibility index (Phi) is 5.46. The zero-order valence-electron chi connectivity index (χ0n) is 17.7. The van der Waals surface area contributed by atoms with E-state index in [2.05, 4.69) is 27.0 Å². The van der Waals surface area contributed by atoms with Gasteiger partial charge in [0.1, 0.15) is 0 Å². The molecule has 0 radical (unpaired) electrons. The van der Waals surface area contributed by atoms with E-state index in [0.29, 0.717) is 32.0 Å². The number of unbranched alkanes of at least 4 members (excludes halogenated alkanes) is 2. The van der Waals surface area contributed by atoms with Crippen molar-refractivity contribution in [1.29, 1.82) is 0 Å². The summed E-state index contributed by atoms with van der Waals surface area (Å²) in [5.41, 5.74) is 0. The number of carbonyl (C=O) groups excluding carboxylic acids is 3. The first-order valence-corrected chi connectivity index (χ1v) is 11.5. The SMILES string of the molecule is O=C(CCCCCN1C(=O)C2C3C=CC(C3)C2C1=O)N1CCN(c2ncccn2)CC1. The van der Waals surface area contributed by atoms with Crippen LogP contribution in [0.5, 0.6) is 0 Å². The number of hydrogen-bond acceptors (Lipinski definition) is 6. The fraction of sp³-hybridized carbons (Fsp3) is 0.609. The van der Waals surface area contributed by atoms with Crippen LogP contribution in [-0.4, -0.2) is 70.2 Å². The van der Waals surface area contributed by atoms with Crippen molar-refractivity contribution in [3.63, 3.8) is 0 Å². The number of likely N-dealkylation sites (tertiary alicyclic amines) is 1. The first-order chi connectivity index (χ1) is 15.1. The first kappa shape index (κ1) is 20.2. The number of aromatic nitrogens is 2. The summed E-state index contributed by atoms with van der Waals surface area (Å²) in [6.07, 6.45) is 11.6. The van der Waals surface area contributed by atoms with Crippen LogP contribution in [0.2, 0.25) is 0 Å². The average Bonchev–Trinajstić information content (AvgIpc) is 3.49. The maximum Gasteiger partial charge on any atom is 0.233 e. The number of nitrogens with zero attached hydrogens (tertiary/aromatic N) is 5. The van der Waals surface area contributed by atoms with E-state index < -0.39 is 0 Å². The molecule has 1 aromatic heterocycles. The normalized spacial score (nSPS) is 29.2. The molecule has 5 rings (SSSR count). The minimum atomic E-state index is -0.107. The van der Waals surface area contributed by atoms with Crippen molar-refractivity contribution < 1.29 is 14.4 Å². The molecular weight excluding hydrogens is 394 g/mol. The van der Waals surface area contributed by atoms with E-state index in [4.69, 9.17) is 0 Å². The summed E-state index contributed by atoms with van der Waals surface area (Å²) in [6, 6.07) is 1.80. The Bertz CT molecular complexity index is 850. The van der Waals surface area contributed by atoms with E-state index in [1.54, 1.807) is 18.5 Å². The van der Waals surface area contributed by atoms with Gasteiger partial charge in [-0.3, -0.25) is 19.3 Å². The van der Waals surface area contributed by atoms with Crippen molar-refractivity contribution in [1.82, 2.24) is 19.8 Å². The molecule has 4 unspecified atom stereocenters. The summed E-state index contributed by atoms with van der Waals surface area (Å²) in [4.78, 5) is 52.0. The lowest BCUT2D eigenvalue weighted by molar-refractivity contribution is -0.141. The average molecular weight is 424 g/mol. The Labute approximate surface area is 182 Å². The molecule has 4 atom stereocenters. The van der Waals surface area contributed by atoms with E-state index in [0.717, 1.165) is 38.8 Å². The highest BCUT2D eigenvalue weighted by Gasteiger charge is 2.58. The van der Waals surface area contributed by atoms with Gasteiger partial charge in [0.15, 0.2) is 0 Å². The summed E-state index contributed by atoms with van der Waals surface area (Å²) in [7, 11) is 0. The summed E-state index contributed by atoms with van der Waals surface area (Å²) < 4.78 is 0. The van der Waals surface area contributed by atoms with Crippen LogP contribution in [0.15, 0.2) is 30.6 Å². The van der Waals surface area contributed by atoms with Crippen LogP contribution in [0.3, 0.4) is 0 Å². The maximum atomic E-state index is 12.7. The lowest BCUT2D eigenvalue weighted by atomic mass is 9.85. The Morgan fingerprint density at radius 3 is 2.19 bits per heavy atom. The standard InChI is InChI=1S/C23H29N5O3/c29-18(26-11-13-27(14-12-26)23-24-8-4-9-25-23)5-2-1-3-10-28-21(30)19-16-6-7-17(15-16)20(19)22(28)31/h4,6-9,16-17,19-20H,1-3,5,10-15H2. The predicted molar refractivity (Wildman–Crippen MR) is 114 cm³/mol. The Morgan fingerprint density at radius 1 is 0.903 bits per heavy atom. The van der Waals surface area contributed by atoms with Gasteiger partial charge >= 0.3 is 0 Å². The van der Waals surface area contributed by atoms with Crippen molar-refractivity contribution in [2.75, 3.05) is 37.6 Å². The van der Waals surface area contributed by atoms with Crippen molar-refractivity contribution in [3.05, 3.63) is 30.6 Å². The molecule has 2 bridgehead atoms. The Hall–Kier alpha value is -2.77. The monoisotopic (exact) mass is 423 g/mol. The second-order valence-electron chi connectivity index (χ2n) is 9.06. The molecule has 2 aliphatic carbocycles. The van der Waals surface area contributed by atoms with Crippen LogP contribution < -0.4 is 4.90 Å². The number of amides is 3. The van der Waals surface area contributed by atoms with Gasteiger partial charge in [0.2, 0.25) is 23.7 Å². The second-order valence-corrected chi connectivity index (χ2v) is 9.06. The Balaban J connectivity index is 1.01. The van der Waals surface area contributed by atoms with E-state index in [1.807, 2.05) is 4.90 Å². The fourth-order valence-corrected chi connectivity index (χ4v) is 5.68. The van der Waals surface area contributed by atoms with Gasteiger partial charge in [-0.25, -0.2) is 9.97 Å². The van der Waals surface area contributed by atoms with Gasteiger partial charge in [0.25, 0.3) is 0 Å². The number of carbonyl (C=O) groups is 3. The van der Waals surface area contributed by atoms with Gasteiger partial charge in [-0.2, -0.15) is 0 Å². The number of allylic oxidation sites excluding steroid dienone is 2. The minimum Gasteiger partial charge on any atom is -0.339 e. The van der Waals surface area contributed by atoms with Crippen LogP contribution in [0, 0.1) is 23.7 Å². The number of fused-ring (bicyclic) bond motifs is 5. The molecule has 0 N–H and O–H groups in total. The largest absolute Gasteiger partial charge is 0.339 e. The Morgan fingerprint density at radius 2 is 1.55 bits per heavy atom. The van der Waals surface area contributed by atoms with Crippen molar-refractivity contribution >= 4 is 23.7 Å². The molecule has 4 aliphatic rings. The van der Waals surface area contributed by atoms with Crippen molar-refractivity contribution in [2.24, 2.45) is 23.7 Å². The van der Waals surface area contributed by atoms with E-state index in [9.17, 15) is 14.4 Å². The third-order valence-electron chi connectivity index (χ3n) is 7.30. The lowest BCUT2D eigenvalue weighted by Crippen LogP contribution is -2.49. The molecule has 2 aliphatic heterocycles. The van der Waals surface area contributed by atoms with Gasteiger partial charge in [-0.1, -0.05) is 18.6 Å². The summed E-state index contributed by atoms with van der Waals surface area (Å²) >= 11 is 0. The molecule has 164 valence electrons. The molecule has 2 saturated heterocycles. The molecule has 1 saturated carbocycles. The van der Waals surface area contributed by atoms with Crippen LogP contribution in [0.1, 0.15) is 32.1 Å². The number of anilines is 1. The molecular formula is C23H29N5O3. The zero-order chi connectivity index (χ0) is 21.4. The van der Waals surface area contributed by atoms with E-state index in [-0.39, 0.29) is 41.4 Å². The molecule has 31 heavy (non-hydrogen) atoms. The number of rotatable bonds is 7. The van der Waals surface area contributed by atoms with Gasteiger partial charge in [0, 0.05) is 51.5 Å². The highest BCUT2D eigenvalue weighted by atomic mass is 16.2. The van der Waals surface area contributed by atoms with E-state index in [1.165, 1.54) is 4.90 Å². The highest BCUT2D eigenvalue weighted by molar-refractivity contribution is 6.06. The molecule has 8 heteroatoms. The van der Waals surface area contributed by atoms with Gasteiger partial charge < -0.3 is 9.80 Å². The molecule has 1 aromatic rings. The van der Waals surface area contributed by atoms with E-state index >= 15 is 0 Å². The third kappa shape index (κ3) is 3.72. The van der Waals surface area contributed by atoms with Crippen LogP contribution in [0.25, 0.3) is 0 Å². The summed E-state index contributed by atoms with van der Waals surface area (Å²) in [5.74, 6) is 1.28. The zero-order valence-corrected chi connectivity index (χ0v) is 17.7. The second kappa shape index (κ2) is 8.40. The maximum absolute atomic E-state index is 12.7. The minimum absolute atomic E-state index is 0.0307.